The Hall–Kier alpha value is -0.825. The van der Waals surface area contributed by atoms with E-state index >= 15 is 0 Å². The van der Waals surface area contributed by atoms with Crippen molar-refractivity contribution in [3.63, 3.8) is 0 Å². The predicted molar refractivity (Wildman–Crippen MR) is 97.2 cm³/mol. The maximum atomic E-state index is 6.14. The molecule has 0 aliphatic heterocycles. The fourth-order valence-corrected chi connectivity index (χ4v) is 3.07. The number of hydrogen-bond donors (Lipinski definition) is 0. The lowest BCUT2D eigenvalue weighted by Gasteiger charge is -2.16. The molecule has 0 unspecified atom stereocenters. The van der Waals surface area contributed by atoms with Gasteiger partial charge in [0.15, 0.2) is 0 Å². The van der Waals surface area contributed by atoms with E-state index in [-0.39, 0.29) is 0 Å². The van der Waals surface area contributed by atoms with Gasteiger partial charge in [0, 0.05) is 10.6 Å². The highest BCUT2D eigenvalue weighted by molar-refractivity contribution is 7.99. The molecule has 0 fully saturated rings. The zero-order valence-electron chi connectivity index (χ0n) is 13.8. The molecule has 0 saturated heterocycles. The van der Waals surface area contributed by atoms with Gasteiger partial charge >= 0.3 is 6.92 Å². The Morgan fingerprint density at radius 3 is 2.29 bits per heavy atom. The highest BCUT2D eigenvalue weighted by Crippen LogP contribution is 2.19. The second kappa shape index (κ2) is 11.8. The smallest absolute Gasteiger partial charge is 0.357 e. The van der Waals surface area contributed by atoms with E-state index in [2.05, 4.69) is 57.2 Å². The molecule has 0 saturated carbocycles. The van der Waals surface area contributed by atoms with E-state index in [0.717, 1.165) is 11.5 Å². The van der Waals surface area contributed by atoms with Gasteiger partial charge in [-0.25, -0.2) is 0 Å². The van der Waals surface area contributed by atoms with E-state index in [1.165, 1.54) is 43.2 Å². The van der Waals surface area contributed by atoms with Gasteiger partial charge in [-0.1, -0.05) is 57.7 Å². The number of hydrogen-bond acceptors (Lipinski definition) is 2. The average molecular weight is 304 g/mol. The van der Waals surface area contributed by atoms with Gasteiger partial charge in [0.05, 0.1) is 5.76 Å². The molecule has 3 heteroatoms. The Morgan fingerprint density at radius 2 is 1.71 bits per heavy atom. The van der Waals surface area contributed by atoms with Crippen molar-refractivity contribution in [2.24, 2.45) is 0 Å². The summed E-state index contributed by atoms with van der Waals surface area (Å²) in [6.07, 6.45) is 9.61. The summed E-state index contributed by atoms with van der Waals surface area (Å²) >= 11 is 1.86. The lowest BCUT2D eigenvalue weighted by molar-refractivity contribution is 0.426. The van der Waals surface area contributed by atoms with Crippen molar-refractivity contribution in [1.29, 1.82) is 0 Å². The molecule has 0 atom stereocenters. The van der Waals surface area contributed by atoms with Gasteiger partial charge in [0.25, 0.3) is 0 Å². The van der Waals surface area contributed by atoms with E-state index in [0.29, 0.717) is 6.92 Å². The number of unbranched alkanes of at least 4 members (excludes halogenated alkanes) is 2. The molecule has 0 bridgehead atoms. The minimum atomic E-state index is 0.405. The molecule has 21 heavy (non-hydrogen) atoms. The number of allylic oxidation sites excluding steroid dienone is 1. The number of benzene rings is 1. The van der Waals surface area contributed by atoms with Crippen LogP contribution in [-0.2, 0) is 4.65 Å². The van der Waals surface area contributed by atoms with Crippen LogP contribution in [0.15, 0.2) is 47.1 Å². The summed E-state index contributed by atoms with van der Waals surface area (Å²) in [6, 6.07) is 10.5. The van der Waals surface area contributed by atoms with Gasteiger partial charge in [-0.3, -0.25) is 0 Å². The third kappa shape index (κ3) is 8.92. The van der Waals surface area contributed by atoms with E-state index in [1.54, 1.807) is 0 Å². The van der Waals surface area contributed by atoms with Crippen molar-refractivity contribution < 1.29 is 4.65 Å². The van der Waals surface area contributed by atoms with Crippen molar-refractivity contribution in [2.45, 2.75) is 64.0 Å². The fraction of sp³-hybridized carbons (Fsp3) is 0.556. The average Bonchev–Trinajstić information content (AvgIpc) is 2.51. The zero-order chi connectivity index (χ0) is 15.3. The van der Waals surface area contributed by atoms with Crippen LogP contribution in [0.3, 0.4) is 0 Å². The van der Waals surface area contributed by atoms with Crippen LogP contribution in [-0.4, -0.2) is 12.7 Å². The largest absolute Gasteiger partial charge is 0.564 e. The molecule has 0 aliphatic carbocycles. The first-order chi connectivity index (χ1) is 10.3. The molecule has 0 radical (unpaired) electrons. The maximum Gasteiger partial charge on any atom is 0.357 e. The standard InChI is InChI=1S/C18H29BOS/c1-4-6-14-19(15-7-5-2)20-17(3)13-16-21-18-11-9-8-10-12-18/h8-13H,4-7,14-16H2,1-3H3/b17-13-. The Balaban J connectivity index is 2.36. The lowest BCUT2D eigenvalue weighted by atomic mass is 9.59. The second-order valence-corrected chi connectivity index (χ2v) is 6.56. The molecular formula is C18H29BOS. The van der Waals surface area contributed by atoms with Gasteiger partial charge in [-0.15, -0.1) is 11.8 Å². The van der Waals surface area contributed by atoms with Crippen LogP contribution in [0, 0.1) is 0 Å². The topological polar surface area (TPSA) is 9.23 Å². The molecule has 0 spiro atoms. The Kier molecular flexibility index (Phi) is 10.2. The predicted octanol–water partition coefficient (Wildman–Crippen LogP) is 6.29. The summed E-state index contributed by atoms with van der Waals surface area (Å²) in [6.45, 7) is 6.99. The Bertz CT molecular complexity index is 383. The monoisotopic (exact) mass is 304 g/mol. The molecular weight excluding hydrogens is 275 g/mol. The van der Waals surface area contributed by atoms with E-state index in [9.17, 15) is 0 Å². The summed E-state index contributed by atoms with van der Waals surface area (Å²) in [7, 11) is 0. The minimum Gasteiger partial charge on any atom is -0.564 e. The van der Waals surface area contributed by atoms with Crippen LogP contribution in [0.4, 0.5) is 0 Å². The second-order valence-electron chi connectivity index (χ2n) is 5.46. The zero-order valence-corrected chi connectivity index (χ0v) is 14.6. The minimum absolute atomic E-state index is 0.405. The van der Waals surface area contributed by atoms with Crippen molar-refractivity contribution in [3.8, 4) is 0 Å². The van der Waals surface area contributed by atoms with Gasteiger partial charge in [-0.2, -0.15) is 0 Å². The molecule has 116 valence electrons. The third-order valence-corrected chi connectivity index (χ3v) is 4.41. The molecule has 1 rings (SSSR count). The first-order valence-corrected chi connectivity index (χ1v) is 9.26. The Labute approximate surface area is 135 Å². The van der Waals surface area contributed by atoms with Crippen molar-refractivity contribution in [2.75, 3.05) is 5.75 Å². The third-order valence-electron chi connectivity index (χ3n) is 3.48. The molecule has 0 amide bonds. The van der Waals surface area contributed by atoms with E-state index in [1.807, 2.05) is 11.8 Å². The summed E-state index contributed by atoms with van der Waals surface area (Å²) in [4.78, 5) is 1.31. The summed E-state index contributed by atoms with van der Waals surface area (Å²) in [5, 5.41) is 0. The van der Waals surface area contributed by atoms with Crippen LogP contribution in [0.5, 0.6) is 0 Å². The molecule has 1 aromatic rings. The highest BCUT2D eigenvalue weighted by Gasteiger charge is 2.16. The lowest BCUT2D eigenvalue weighted by Crippen LogP contribution is -2.16. The van der Waals surface area contributed by atoms with Crippen molar-refractivity contribution in [1.82, 2.24) is 0 Å². The molecule has 0 heterocycles. The van der Waals surface area contributed by atoms with Crippen molar-refractivity contribution in [3.05, 3.63) is 42.2 Å². The van der Waals surface area contributed by atoms with Gasteiger partial charge in [0.2, 0.25) is 0 Å². The van der Waals surface area contributed by atoms with Crippen LogP contribution >= 0.6 is 11.8 Å². The number of rotatable bonds is 11. The first kappa shape index (κ1) is 18.2. The quantitative estimate of drug-likeness (QED) is 0.270. The molecule has 1 nitrogen and oxygen atoms in total. The van der Waals surface area contributed by atoms with E-state index in [4.69, 9.17) is 4.65 Å². The summed E-state index contributed by atoms with van der Waals surface area (Å²) in [5.41, 5.74) is 0. The molecule has 0 aromatic heterocycles. The number of thioether (sulfide) groups is 1. The van der Waals surface area contributed by atoms with E-state index < -0.39 is 0 Å². The Morgan fingerprint density at radius 1 is 1.10 bits per heavy atom. The molecule has 0 N–H and O–H groups in total. The van der Waals surface area contributed by atoms with Gasteiger partial charge in [0.1, 0.15) is 0 Å². The van der Waals surface area contributed by atoms with Crippen LogP contribution in [0.1, 0.15) is 46.5 Å². The van der Waals surface area contributed by atoms with Crippen LogP contribution in [0.2, 0.25) is 12.6 Å². The normalized spacial score (nSPS) is 11.5. The highest BCUT2D eigenvalue weighted by atomic mass is 32.2. The molecule has 1 aromatic carbocycles. The SMILES string of the molecule is CCCCB(CCCC)O/C(C)=C\CSc1ccccc1. The maximum absolute atomic E-state index is 6.14. The fourth-order valence-electron chi connectivity index (χ4n) is 2.21. The summed E-state index contributed by atoms with van der Waals surface area (Å²) in [5.74, 6) is 2.06. The van der Waals surface area contributed by atoms with Gasteiger partial charge in [-0.05, 0) is 37.8 Å². The van der Waals surface area contributed by atoms with Crippen molar-refractivity contribution >= 4 is 18.7 Å². The molecule has 0 aliphatic rings. The summed E-state index contributed by atoms with van der Waals surface area (Å²) < 4.78 is 6.14. The van der Waals surface area contributed by atoms with Crippen LogP contribution < -0.4 is 0 Å². The first-order valence-electron chi connectivity index (χ1n) is 8.27. The van der Waals surface area contributed by atoms with Gasteiger partial charge < -0.3 is 4.65 Å². The van der Waals surface area contributed by atoms with Crippen LogP contribution in [0.25, 0.3) is 0 Å².